The highest BCUT2D eigenvalue weighted by Crippen LogP contribution is 2.37. The number of nitrogens with one attached hydrogen (secondary N) is 1. The first kappa shape index (κ1) is 18.1. The number of aromatic nitrogens is 4. The molecule has 0 saturated heterocycles. The van der Waals surface area contributed by atoms with Crippen molar-refractivity contribution in [2.45, 2.75) is 25.6 Å². The van der Waals surface area contributed by atoms with Gasteiger partial charge in [-0.2, -0.15) is 4.98 Å². The number of benzene rings is 2. The molecule has 6 rings (SSSR count). The Morgan fingerprint density at radius 2 is 1.97 bits per heavy atom. The van der Waals surface area contributed by atoms with Crippen molar-refractivity contribution in [2.24, 2.45) is 0 Å². The lowest BCUT2D eigenvalue weighted by molar-refractivity contribution is 0.128. The van der Waals surface area contributed by atoms with E-state index in [9.17, 15) is 4.39 Å². The van der Waals surface area contributed by atoms with Crippen LogP contribution >= 0.6 is 0 Å². The van der Waals surface area contributed by atoms with Crippen molar-refractivity contribution >= 4 is 0 Å². The van der Waals surface area contributed by atoms with Crippen molar-refractivity contribution in [3.8, 4) is 22.9 Å². The van der Waals surface area contributed by atoms with E-state index in [0.717, 1.165) is 22.5 Å². The van der Waals surface area contributed by atoms with Crippen molar-refractivity contribution < 1.29 is 18.4 Å². The van der Waals surface area contributed by atoms with Crippen LogP contribution in [0.25, 0.3) is 11.4 Å². The molecule has 0 aliphatic carbocycles. The van der Waals surface area contributed by atoms with Gasteiger partial charge in [-0.3, -0.25) is 4.90 Å². The molecule has 0 radical (unpaired) electrons. The number of imidazole rings is 1. The van der Waals surface area contributed by atoms with Gasteiger partial charge in [0.2, 0.25) is 18.5 Å². The minimum atomic E-state index is -0.250. The lowest BCUT2D eigenvalue weighted by atomic mass is 10.0. The molecule has 2 aromatic carbocycles. The molecule has 8 nitrogen and oxygen atoms in total. The Morgan fingerprint density at radius 1 is 1.10 bits per heavy atom. The SMILES string of the molecule is Fc1ccc(CN2Cc3[nH]cnc3C[C@H]2c2nc(-c3ccc4c(c3)OCO4)no2)cc1. The van der Waals surface area contributed by atoms with E-state index in [1.807, 2.05) is 18.2 Å². The number of hydrogen-bond donors (Lipinski definition) is 1. The highest BCUT2D eigenvalue weighted by Gasteiger charge is 2.33. The first-order chi connectivity index (χ1) is 15.2. The molecule has 9 heteroatoms. The number of rotatable bonds is 4. The maximum Gasteiger partial charge on any atom is 0.244 e. The van der Waals surface area contributed by atoms with E-state index >= 15 is 0 Å². The molecule has 2 aliphatic heterocycles. The molecule has 4 heterocycles. The molecular weight excluding hydrogens is 401 g/mol. The van der Waals surface area contributed by atoms with Gasteiger partial charge in [0, 0.05) is 25.1 Å². The van der Waals surface area contributed by atoms with Crippen LogP contribution in [0, 0.1) is 5.82 Å². The highest BCUT2D eigenvalue weighted by molar-refractivity contribution is 5.61. The summed E-state index contributed by atoms with van der Waals surface area (Å²) in [6.07, 6.45) is 2.35. The van der Waals surface area contributed by atoms with E-state index in [1.165, 1.54) is 12.1 Å². The van der Waals surface area contributed by atoms with Crippen LogP contribution < -0.4 is 9.47 Å². The van der Waals surface area contributed by atoms with Gasteiger partial charge < -0.3 is 19.0 Å². The summed E-state index contributed by atoms with van der Waals surface area (Å²) in [5.41, 5.74) is 3.85. The fourth-order valence-corrected chi connectivity index (χ4v) is 4.05. The van der Waals surface area contributed by atoms with E-state index in [2.05, 4.69) is 25.0 Å². The fraction of sp³-hybridized carbons (Fsp3) is 0.227. The van der Waals surface area contributed by atoms with Crippen LogP contribution in [0.15, 0.2) is 53.3 Å². The third-order valence-corrected chi connectivity index (χ3v) is 5.65. The van der Waals surface area contributed by atoms with E-state index in [4.69, 9.17) is 14.0 Å². The largest absolute Gasteiger partial charge is 0.454 e. The second-order valence-electron chi connectivity index (χ2n) is 7.60. The van der Waals surface area contributed by atoms with Crippen molar-refractivity contribution in [3.63, 3.8) is 0 Å². The number of ether oxygens (including phenoxy) is 2. The monoisotopic (exact) mass is 419 g/mol. The maximum absolute atomic E-state index is 13.3. The molecule has 0 fully saturated rings. The molecule has 4 aromatic rings. The lowest BCUT2D eigenvalue weighted by Crippen LogP contribution is -2.34. The zero-order valence-electron chi connectivity index (χ0n) is 16.4. The summed E-state index contributed by atoms with van der Waals surface area (Å²) in [6, 6.07) is 12.0. The third-order valence-electron chi connectivity index (χ3n) is 5.65. The number of H-pyrrole nitrogens is 1. The molecule has 1 atom stereocenters. The topological polar surface area (TPSA) is 89.3 Å². The van der Waals surface area contributed by atoms with Crippen LogP contribution in [0.2, 0.25) is 0 Å². The van der Waals surface area contributed by atoms with Crippen LogP contribution in [0.4, 0.5) is 4.39 Å². The zero-order chi connectivity index (χ0) is 20.8. The Labute approximate surface area is 176 Å². The van der Waals surface area contributed by atoms with Gasteiger partial charge in [0.1, 0.15) is 5.82 Å². The standard InChI is InChI=1S/C22H18FN5O3/c23-15-4-1-13(2-5-15)9-28-10-17-16(24-11-25-17)8-18(28)22-26-21(27-31-22)14-3-6-19-20(7-14)30-12-29-19/h1-7,11,18H,8-10,12H2,(H,24,25)/t18-/m0/s1. The van der Waals surface area contributed by atoms with E-state index in [1.54, 1.807) is 18.5 Å². The molecule has 0 amide bonds. The molecule has 0 unspecified atom stereocenters. The van der Waals surface area contributed by atoms with Gasteiger partial charge >= 0.3 is 0 Å². The van der Waals surface area contributed by atoms with Crippen molar-refractivity contribution in [1.82, 2.24) is 25.0 Å². The number of nitrogens with zero attached hydrogens (tertiary/aromatic N) is 4. The minimum Gasteiger partial charge on any atom is -0.454 e. The normalized spacial score (nSPS) is 17.6. The smallest absolute Gasteiger partial charge is 0.244 e. The Balaban J connectivity index is 1.31. The lowest BCUT2D eigenvalue weighted by Gasteiger charge is -2.32. The molecular formula is C22H18FN5O3. The summed E-state index contributed by atoms with van der Waals surface area (Å²) in [4.78, 5) is 14.5. The summed E-state index contributed by atoms with van der Waals surface area (Å²) in [5, 5.41) is 4.20. The molecule has 0 bridgehead atoms. The summed E-state index contributed by atoms with van der Waals surface area (Å²) in [5.74, 6) is 2.13. The molecule has 0 saturated carbocycles. The highest BCUT2D eigenvalue weighted by atomic mass is 19.1. The van der Waals surface area contributed by atoms with Gasteiger partial charge in [-0.25, -0.2) is 9.37 Å². The average molecular weight is 419 g/mol. The van der Waals surface area contributed by atoms with E-state index < -0.39 is 0 Å². The van der Waals surface area contributed by atoms with Crippen molar-refractivity contribution in [1.29, 1.82) is 0 Å². The predicted molar refractivity (Wildman–Crippen MR) is 107 cm³/mol. The molecule has 0 spiro atoms. The second kappa shape index (κ2) is 7.21. The van der Waals surface area contributed by atoms with Gasteiger partial charge in [-0.05, 0) is 35.9 Å². The Hall–Kier alpha value is -3.72. The molecule has 2 aliphatic rings. The van der Waals surface area contributed by atoms with Crippen LogP contribution in [0.5, 0.6) is 11.5 Å². The van der Waals surface area contributed by atoms with Crippen molar-refractivity contribution in [3.05, 3.63) is 77.5 Å². The molecule has 156 valence electrons. The first-order valence-corrected chi connectivity index (χ1v) is 9.96. The van der Waals surface area contributed by atoms with Crippen LogP contribution in [0.3, 0.4) is 0 Å². The average Bonchev–Trinajstić information content (AvgIpc) is 3.54. The number of hydrogen-bond acceptors (Lipinski definition) is 7. The minimum absolute atomic E-state index is 0.142. The van der Waals surface area contributed by atoms with Crippen LogP contribution in [0.1, 0.15) is 28.9 Å². The number of aromatic amines is 1. The molecule has 31 heavy (non-hydrogen) atoms. The summed E-state index contributed by atoms with van der Waals surface area (Å²) in [7, 11) is 0. The van der Waals surface area contributed by atoms with E-state index in [-0.39, 0.29) is 18.7 Å². The summed E-state index contributed by atoms with van der Waals surface area (Å²) in [6.45, 7) is 1.48. The number of halogens is 1. The Bertz CT molecular complexity index is 1240. The summed E-state index contributed by atoms with van der Waals surface area (Å²) >= 11 is 0. The number of fused-ring (bicyclic) bond motifs is 2. The van der Waals surface area contributed by atoms with Crippen molar-refractivity contribution in [2.75, 3.05) is 6.79 Å². The van der Waals surface area contributed by atoms with Crippen LogP contribution in [-0.4, -0.2) is 31.8 Å². The maximum atomic E-state index is 13.3. The Kier molecular flexibility index (Phi) is 4.20. The summed E-state index contributed by atoms with van der Waals surface area (Å²) < 4.78 is 29.8. The third kappa shape index (κ3) is 3.32. The fourth-order valence-electron chi connectivity index (χ4n) is 4.05. The van der Waals surface area contributed by atoms with Crippen LogP contribution in [-0.2, 0) is 19.5 Å². The second-order valence-corrected chi connectivity index (χ2v) is 7.60. The van der Waals surface area contributed by atoms with Gasteiger partial charge in [0.05, 0.1) is 23.8 Å². The van der Waals surface area contributed by atoms with E-state index in [0.29, 0.717) is 42.7 Å². The predicted octanol–water partition coefficient (Wildman–Crippen LogP) is 3.63. The zero-order valence-corrected chi connectivity index (χ0v) is 16.4. The Morgan fingerprint density at radius 3 is 2.87 bits per heavy atom. The van der Waals surface area contributed by atoms with Gasteiger partial charge in [-0.15, -0.1) is 0 Å². The molecule has 2 aromatic heterocycles. The quantitative estimate of drug-likeness (QED) is 0.540. The molecule has 1 N–H and O–H groups in total. The van der Waals surface area contributed by atoms with Gasteiger partial charge in [0.25, 0.3) is 0 Å². The first-order valence-electron chi connectivity index (χ1n) is 9.96. The van der Waals surface area contributed by atoms with Gasteiger partial charge in [0.15, 0.2) is 11.5 Å². The van der Waals surface area contributed by atoms with Gasteiger partial charge in [-0.1, -0.05) is 17.3 Å².